The number of rotatable bonds is 4. The number of piperidine rings is 1. The zero-order valence-corrected chi connectivity index (χ0v) is 10.7. The molecular formula is C12H21F3N2O. The van der Waals surface area contributed by atoms with E-state index in [1.807, 2.05) is 6.92 Å². The lowest BCUT2D eigenvalue weighted by Crippen LogP contribution is -2.44. The van der Waals surface area contributed by atoms with Crippen LogP contribution in [0.15, 0.2) is 0 Å². The van der Waals surface area contributed by atoms with Gasteiger partial charge in [0.2, 0.25) is 5.91 Å². The van der Waals surface area contributed by atoms with Crippen molar-refractivity contribution in [2.75, 3.05) is 19.6 Å². The third kappa shape index (κ3) is 4.48. The Morgan fingerprint density at radius 1 is 1.50 bits per heavy atom. The molecule has 3 nitrogen and oxygen atoms in total. The van der Waals surface area contributed by atoms with Crippen LogP contribution < -0.4 is 5.73 Å². The summed E-state index contributed by atoms with van der Waals surface area (Å²) in [6, 6.07) is 0. The first-order valence-electron chi connectivity index (χ1n) is 6.39. The summed E-state index contributed by atoms with van der Waals surface area (Å²) in [6.07, 6.45) is -2.69. The Labute approximate surface area is 106 Å². The highest BCUT2D eigenvalue weighted by Gasteiger charge is 2.42. The Morgan fingerprint density at radius 3 is 2.72 bits per heavy atom. The van der Waals surface area contributed by atoms with Crippen molar-refractivity contribution in [1.82, 2.24) is 4.90 Å². The third-order valence-electron chi connectivity index (χ3n) is 3.49. The van der Waals surface area contributed by atoms with E-state index in [1.54, 1.807) is 0 Å². The second-order valence-electron chi connectivity index (χ2n) is 5.10. The van der Waals surface area contributed by atoms with E-state index < -0.39 is 12.1 Å². The van der Waals surface area contributed by atoms with E-state index in [0.29, 0.717) is 32.4 Å². The van der Waals surface area contributed by atoms with Crippen molar-refractivity contribution in [1.29, 1.82) is 0 Å². The van der Waals surface area contributed by atoms with Gasteiger partial charge < -0.3 is 10.6 Å². The van der Waals surface area contributed by atoms with Crippen LogP contribution in [-0.4, -0.2) is 36.6 Å². The fourth-order valence-corrected chi connectivity index (χ4v) is 2.12. The first-order chi connectivity index (χ1) is 8.34. The van der Waals surface area contributed by atoms with E-state index in [4.69, 9.17) is 5.73 Å². The van der Waals surface area contributed by atoms with Gasteiger partial charge in [0.05, 0.1) is 5.92 Å². The van der Waals surface area contributed by atoms with Crippen LogP contribution in [0, 0.1) is 11.8 Å². The van der Waals surface area contributed by atoms with Gasteiger partial charge >= 0.3 is 6.18 Å². The van der Waals surface area contributed by atoms with Crippen LogP contribution >= 0.6 is 0 Å². The minimum atomic E-state index is -4.19. The van der Waals surface area contributed by atoms with Crippen molar-refractivity contribution in [2.24, 2.45) is 17.6 Å². The number of halogens is 3. The molecule has 0 bridgehead atoms. The lowest BCUT2D eigenvalue weighted by Gasteiger charge is -2.34. The largest absolute Gasteiger partial charge is 0.393 e. The van der Waals surface area contributed by atoms with Crippen molar-refractivity contribution in [3.63, 3.8) is 0 Å². The average molecular weight is 266 g/mol. The molecular weight excluding hydrogens is 245 g/mol. The zero-order valence-electron chi connectivity index (χ0n) is 10.7. The van der Waals surface area contributed by atoms with Gasteiger partial charge in [-0.15, -0.1) is 0 Å². The molecule has 2 unspecified atom stereocenters. The van der Waals surface area contributed by atoms with Crippen LogP contribution in [0.4, 0.5) is 13.2 Å². The van der Waals surface area contributed by atoms with Gasteiger partial charge in [-0.25, -0.2) is 0 Å². The summed E-state index contributed by atoms with van der Waals surface area (Å²) in [5, 5.41) is 0. The molecule has 0 aliphatic carbocycles. The third-order valence-corrected chi connectivity index (χ3v) is 3.49. The Kier molecular flexibility index (Phi) is 5.44. The molecule has 1 saturated heterocycles. The zero-order chi connectivity index (χ0) is 13.8. The minimum Gasteiger partial charge on any atom is -0.342 e. The van der Waals surface area contributed by atoms with Gasteiger partial charge in [0.1, 0.15) is 0 Å². The molecule has 1 fully saturated rings. The maximum Gasteiger partial charge on any atom is 0.393 e. The molecule has 0 saturated carbocycles. The average Bonchev–Trinajstić information content (AvgIpc) is 2.34. The number of amides is 1. The molecule has 2 N–H and O–H groups in total. The van der Waals surface area contributed by atoms with Crippen LogP contribution in [0.25, 0.3) is 0 Å². The molecule has 106 valence electrons. The Balaban J connectivity index is 2.44. The van der Waals surface area contributed by atoms with Crippen molar-refractivity contribution in [3.8, 4) is 0 Å². The number of carbonyl (C=O) groups excluding carboxylic acids is 1. The Bertz CT molecular complexity index is 281. The van der Waals surface area contributed by atoms with Crippen molar-refractivity contribution in [3.05, 3.63) is 0 Å². The maximum absolute atomic E-state index is 12.6. The first kappa shape index (κ1) is 15.3. The van der Waals surface area contributed by atoms with Crippen molar-refractivity contribution >= 4 is 5.91 Å². The van der Waals surface area contributed by atoms with Gasteiger partial charge in [-0.3, -0.25) is 4.79 Å². The highest BCUT2D eigenvalue weighted by molar-refractivity contribution is 5.76. The first-order valence-corrected chi connectivity index (χ1v) is 6.39. The number of likely N-dealkylation sites (tertiary alicyclic amines) is 1. The SMILES string of the molecule is CC(CN)CCC(=O)N1CCCC(C(F)(F)F)C1. The van der Waals surface area contributed by atoms with Gasteiger partial charge in [-0.05, 0) is 31.7 Å². The summed E-state index contributed by atoms with van der Waals surface area (Å²) < 4.78 is 37.8. The summed E-state index contributed by atoms with van der Waals surface area (Å²) in [5.74, 6) is -1.30. The molecule has 1 amide bonds. The topological polar surface area (TPSA) is 46.3 Å². The van der Waals surface area contributed by atoms with Crippen LogP contribution in [0.3, 0.4) is 0 Å². The van der Waals surface area contributed by atoms with Crippen molar-refractivity contribution in [2.45, 2.75) is 38.8 Å². The number of nitrogens with zero attached hydrogens (tertiary/aromatic N) is 1. The fraction of sp³-hybridized carbons (Fsp3) is 0.917. The van der Waals surface area contributed by atoms with Gasteiger partial charge in [-0.1, -0.05) is 6.92 Å². The van der Waals surface area contributed by atoms with Gasteiger partial charge in [0.15, 0.2) is 0 Å². The summed E-state index contributed by atoms with van der Waals surface area (Å²) >= 11 is 0. The van der Waals surface area contributed by atoms with Crippen LogP contribution in [0.1, 0.15) is 32.6 Å². The highest BCUT2D eigenvalue weighted by atomic mass is 19.4. The predicted molar refractivity (Wildman–Crippen MR) is 62.8 cm³/mol. The van der Waals surface area contributed by atoms with Crippen LogP contribution in [-0.2, 0) is 4.79 Å². The van der Waals surface area contributed by atoms with E-state index >= 15 is 0 Å². The van der Waals surface area contributed by atoms with Crippen molar-refractivity contribution < 1.29 is 18.0 Å². The second kappa shape index (κ2) is 6.41. The molecule has 0 aromatic heterocycles. The summed E-state index contributed by atoms with van der Waals surface area (Å²) in [4.78, 5) is 13.2. The molecule has 1 aliphatic rings. The number of alkyl halides is 3. The van der Waals surface area contributed by atoms with Crippen LogP contribution in [0.5, 0.6) is 0 Å². The smallest absolute Gasteiger partial charge is 0.342 e. The van der Waals surface area contributed by atoms with Gasteiger partial charge in [0, 0.05) is 19.5 Å². The molecule has 1 aliphatic heterocycles. The van der Waals surface area contributed by atoms with Gasteiger partial charge in [0.25, 0.3) is 0 Å². The molecule has 2 atom stereocenters. The second-order valence-corrected chi connectivity index (χ2v) is 5.10. The number of hydrogen-bond donors (Lipinski definition) is 1. The number of carbonyl (C=O) groups is 1. The number of hydrogen-bond acceptors (Lipinski definition) is 2. The molecule has 0 radical (unpaired) electrons. The van der Waals surface area contributed by atoms with Gasteiger partial charge in [-0.2, -0.15) is 13.2 Å². The summed E-state index contributed by atoms with van der Waals surface area (Å²) in [5.41, 5.74) is 5.44. The molecule has 0 spiro atoms. The number of nitrogens with two attached hydrogens (primary N) is 1. The maximum atomic E-state index is 12.6. The predicted octanol–water partition coefficient (Wildman–Crippen LogP) is 2.16. The molecule has 1 rings (SSSR count). The quantitative estimate of drug-likeness (QED) is 0.847. The standard InChI is InChI=1S/C12H21F3N2O/c1-9(7-16)4-5-11(18)17-6-2-3-10(8-17)12(13,14)15/h9-10H,2-8,16H2,1H3. The molecule has 0 aromatic carbocycles. The Hall–Kier alpha value is -0.780. The minimum absolute atomic E-state index is 0.131. The Morgan fingerprint density at radius 2 is 2.17 bits per heavy atom. The molecule has 0 aromatic rings. The van der Waals surface area contributed by atoms with E-state index in [2.05, 4.69) is 0 Å². The van der Waals surface area contributed by atoms with E-state index in [-0.39, 0.29) is 24.8 Å². The molecule has 6 heteroatoms. The lowest BCUT2D eigenvalue weighted by atomic mass is 9.96. The highest BCUT2D eigenvalue weighted by Crippen LogP contribution is 2.33. The molecule has 18 heavy (non-hydrogen) atoms. The van der Waals surface area contributed by atoms with E-state index in [9.17, 15) is 18.0 Å². The van der Waals surface area contributed by atoms with E-state index in [0.717, 1.165) is 0 Å². The fourth-order valence-electron chi connectivity index (χ4n) is 2.12. The summed E-state index contributed by atoms with van der Waals surface area (Å²) in [6.45, 7) is 2.70. The summed E-state index contributed by atoms with van der Waals surface area (Å²) in [7, 11) is 0. The molecule has 1 heterocycles. The van der Waals surface area contributed by atoms with E-state index in [1.165, 1.54) is 4.90 Å². The lowest BCUT2D eigenvalue weighted by molar-refractivity contribution is -0.188. The normalized spacial score (nSPS) is 22.9. The monoisotopic (exact) mass is 266 g/mol. The van der Waals surface area contributed by atoms with Crippen LogP contribution in [0.2, 0.25) is 0 Å².